The molecule has 0 bridgehead atoms. The van der Waals surface area contributed by atoms with Crippen molar-refractivity contribution in [3.8, 4) is 5.75 Å². The number of aliphatic imine (C=N–C) groups is 1. The van der Waals surface area contributed by atoms with Gasteiger partial charge in [0.15, 0.2) is 5.82 Å². The van der Waals surface area contributed by atoms with E-state index in [0.717, 1.165) is 16.9 Å². The van der Waals surface area contributed by atoms with Crippen LogP contribution in [0.1, 0.15) is 27.2 Å². The number of methoxy groups -OCH3 is 1. The van der Waals surface area contributed by atoms with Crippen LogP contribution in [0.25, 0.3) is 0 Å². The van der Waals surface area contributed by atoms with Gasteiger partial charge in [0.05, 0.1) is 12.8 Å². The van der Waals surface area contributed by atoms with Gasteiger partial charge in [0.25, 0.3) is 5.91 Å². The number of hydrogen-bond acceptors (Lipinski definition) is 4. The van der Waals surface area contributed by atoms with Crippen molar-refractivity contribution in [1.29, 1.82) is 0 Å². The molecule has 3 rings (SSSR count). The zero-order chi connectivity index (χ0) is 18.5. The number of carbonyl (C=O) groups excluding carboxylic acids is 1. The average Bonchev–Trinajstić information content (AvgIpc) is 3.03. The number of nitrogens with two attached hydrogens (primary N) is 1. The number of hydrogen-bond donors (Lipinski definition) is 2. The topological polar surface area (TPSA) is 93.4 Å². The molecule has 1 aromatic heterocycles. The fourth-order valence-electron chi connectivity index (χ4n) is 2.52. The molecule has 0 unspecified atom stereocenters. The second-order valence-corrected chi connectivity index (χ2v) is 6.04. The number of nitrogens with one attached hydrogen (secondary N) is 1. The van der Waals surface area contributed by atoms with Gasteiger partial charge < -0.3 is 10.5 Å². The summed E-state index contributed by atoms with van der Waals surface area (Å²) in [5.41, 5.74) is 8.19. The molecule has 1 amide bonds. The van der Waals surface area contributed by atoms with Crippen LogP contribution < -0.4 is 10.5 Å². The largest absolute Gasteiger partial charge is 0.497 e. The molecule has 7 heteroatoms. The van der Waals surface area contributed by atoms with Crippen molar-refractivity contribution in [2.24, 2.45) is 10.7 Å². The second kappa shape index (κ2) is 7.84. The van der Waals surface area contributed by atoms with Crippen molar-refractivity contribution in [2.75, 3.05) is 7.11 Å². The zero-order valence-electron chi connectivity index (χ0n) is 14.1. The molecule has 0 radical (unpaired) electrons. The SMILES string of the molecule is COc1ccc(C=Nc2n[nH]c(Cc3cccc(Cl)c3)c2C(N)=O)cc1. The third-order valence-corrected chi connectivity index (χ3v) is 4.03. The lowest BCUT2D eigenvalue weighted by Crippen LogP contribution is -2.13. The molecule has 6 nitrogen and oxygen atoms in total. The predicted octanol–water partition coefficient (Wildman–Crippen LogP) is 3.51. The Bertz CT molecular complexity index is 948. The quantitative estimate of drug-likeness (QED) is 0.652. The van der Waals surface area contributed by atoms with Crippen molar-refractivity contribution >= 4 is 29.5 Å². The van der Waals surface area contributed by atoms with E-state index in [4.69, 9.17) is 22.1 Å². The number of primary amides is 1. The summed E-state index contributed by atoms with van der Waals surface area (Å²) in [6, 6.07) is 14.7. The number of benzene rings is 2. The highest BCUT2D eigenvalue weighted by Gasteiger charge is 2.18. The summed E-state index contributed by atoms with van der Waals surface area (Å²) in [6.45, 7) is 0. The van der Waals surface area contributed by atoms with Gasteiger partial charge in [0, 0.05) is 17.7 Å². The van der Waals surface area contributed by atoms with Crippen LogP contribution in [0, 0.1) is 0 Å². The first-order chi connectivity index (χ1) is 12.6. The highest BCUT2D eigenvalue weighted by atomic mass is 35.5. The summed E-state index contributed by atoms with van der Waals surface area (Å²) < 4.78 is 5.12. The van der Waals surface area contributed by atoms with Crippen LogP contribution in [0.2, 0.25) is 5.02 Å². The number of rotatable bonds is 6. The fourth-order valence-corrected chi connectivity index (χ4v) is 2.74. The Morgan fingerprint density at radius 1 is 1.31 bits per heavy atom. The molecule has 2 aromatic carbocycles. The van der Waals surface area contributed by atoms with Crippen LogP contribution in [0.5, 0.6) is 5.75 Å². The molecule has 0 aliphatic heterocycles. The minimum atomic E-state index is -0.586. The number of ether oxygens (including phenoxy) is 1. The van der Waals surface area contributed by atoms with Crippen LogP contribution in [-0.4, -0.2) is 29.4 Å². The molecule has 0 saturated heterocycles. The van der Waals surface area contributed by atoms with E-state index in [1.165, 1.54) is 0 Å². The smallest absolute Gasteiger partial charge is 0.254 e. The van der Waals surface area contributed by atoms with E-state index in [-0.39, 0.29) is 11.4 Å². The molecular formula is C19H17ClN4O2. The van der Waals surface area contributed by atoms with Crippen LogP contribution in [0.3, 0.4) is 0 Å². The number of halogens is 1. The van der Waals surface area contributed by atoms with E-state index in [0.29, 0.717) is 17.1 Å². The first kappa shape index (κ1) is 17.7. The molecule has 0 spiro atoms. The number of carbonyl (C=O) groups is 1. The molecule has 132 valence electrons. The lowest BCUT2D eigenvalue weighted by atomic mass is 10.1. The van der Waals surface area contributed by atoms with E-state index in [1.807, 2.05) is 42.5 Å². The molecule has 0 aliphatic carbocycles. The standard InChI is InChI=1S/C19H17ClN4O2/c1-26-15-7-5-12(6-8-15)11-22-19-17(18(21)25)16(23-24-19)10-13-3-2-4-14(20)9-13/h2-9,11H,10H2,1H3,(H2,21,25)(H,23,24). The summed E-state index contributed by atoms with van der Waals surface area (Å²) in [5.74, 6) is 0.423. The summed E-state index contributed by atoms with van der Waals surface area (Å²) in [5, 5.41) is 7.60. The Labute approximate surface area is 155 Å². The third kappa shape index (κ3) is 4.10. The van der Waals surface area contributed by atoms with Crippen LogP contribution in [-0.2, 0) is 6.42 Å². The first-order valence-corrected chi connectivity index (χ1v) is 8.24. The molecule has 0 fully saturated rings. The maximum atomic E-state index is 11.9. The molecule has 26 heavy (non-hydrogen) atoms. The third-order valence-electron chi connectivity index (χ3n) is 3.79. The van der Waals surface area contributed by atoms with Gasteiger partial charge in [-0.2, -0.15) is 5.10 Å². The first-order valence-electron chi connectivity index (χ1n) is 7.86. The number of nitrogens with zero attached hydrogens (tertiary/aromatic N) is 2. The number of amides is 1. The monoisotopic (exact) mass is 368 g/mol. The van der Waals surface area contributed by atoms with Gasteiger partial charge in [-0.25, -0.2) is 4.99 Å². The molecule has 3 aromatic rings. The summed E-state index contributed by atoms with van der Waals surface area (Å²) in [4.78, 5) is 16.2. The van der Waals surface area contributed by atoms with E-state index in [2.05, 4.69) is 15.2 Å². The molecule has 0 aliphatic rings. The van der Waals surface area contributed by atoms with E-state index in [9.17, 15) is 4.79 Å². The van der Waals surface area contributed by atoms with E-state index < -0.39 is 5.91 Å². The van der Waals surface area contributed by atoms with Gasteiger partial charge in [0.1, 0.15) is 11.3 Å². The summed E-state index contributed by atoms with van der Waals surface area (Å²) in [7, 11) is 1.60. The van der Waals surface area contributed by atoms with Crippen molar-refractivity contribution in [3.05, 3.63) is 75.9 Å². The summed E-state index contributed by atoms with van der Waals surface area (Å²) >= 11 is 6.01. The van der Waals surface area contributed by atoms with Crippen molar-refractivity contribution in [1.82, 2.24) is 10.2 Å². The molecule has 1 heterocycles. The molecular weight excluding hydrogens is 352 g/mol. The highest BCUT2D eigenvalue weighted by Crippen LogP contribution is 2.23. The number of aromatic amines is 1. The fraction of sp³-hybridized carbons (Fsp3) is 0.105. The van der Waals surface area contributed by atoms with E-state index >= 15 is 0 Å². The summed E-state index contributed by atoms with van der Waals surface area (Å²) in [6.07, 6.45) is 2.06. The number of H-pyrrole nitrogens is 1. The zero-order valence-corrected chi connectivity index (χ0v) is 14.8. The highest BCUT2D eigenvalue weighted by molar-refractivity contribution is 6.30. The maximum Gasteiger partial charge on any atom is 0.254 e. The van der Waals surface area contributed by atoms with E-state index in [1.54, 1.807) is 19.4 Å². The van der Waals surface area contributed by atoms with Crippen molar-refractivity contribution in [3.63, 3.8) is 0 Å². The van der Waals surface area contributed by atoms with Crippen LogP contribution >= 0.6 is 11.6 Å². The number of aromatic nitrogens is 2. The predicted molar refractivity (Wildman–Crippen MR) is 102 cm³/mol. The van der Waals surface area contributed by atoms with Crippen LogP contribution in [0.15, 0.2) is 53.5 Å². The Morgan fingerprint density at radius 2 is 2.08 bits per heavy atom. The maximum absolute atomic E-state index is 11.9. The molecule has 0 saturated carbocycles. The Hall–Kier alpha value is -3.12. The second-order valence-electron chi connectivity index (χ2n) is 5.60. The lowest BCUT2D eigenvalue weighted by molar-refractivity contribution is 0.100. The average molecular weight is 369 g/mol. The van der Waals surface area contributed by atoms with Crippen LogP contribution in [0.4, 0.5) is 5.82 Å². The Balaban J connectivity index is 1.86. The minimum Gasteiger partial charge on any atom is -0.497 e. The molecule has 3 N–H and O–H groups in total. The Morgan fingerprint density at radius 3 is 2.73 bits per heavy atom. The Kier molecular flexibility index (Phi) is 5.34. The van der Waals surface area contributed by atoms with Gasteiger partial charge in [-0.1, -0.05) is 23.7 Å². The van der Waals surface area contributed by atoms with Gasteiger partial charge in [-0.05, 0) is 47.5 Å². The van der Waals surface area contributed by atoms with Crippen molar-refractivity contribution < 1.29 is 9.53 Å². The minimum absolute atomic E-state index is 0.255. The molecule has 0 atom stereocenters. The van der Waals surface area contributed by atoms with Gasteiger partial charge in [-0.15, -0.1) is 0 Å². The van der Waals surface area contributed by atoms with Crippen molar-refractivity contribution in [2.45, 2.75) is 6.42 Å². The van der Waals surface area contributed by atoms with Gasteiger partial charge in [-0.3, -0.25) is 9.89 Å². The van der Waals surface area contributed by atoms with Gasteiger partial charge >= 0.3 is 0 Å². The normalized spacial score (nSPS) is 11.0. The van der Waals surface area contributed by atoms with Gasteiger partial charge in [0.2, 0.25) is 0 Å². The lowest BCUT2D eigenvalue weighted by Gasteiger charge is -2.02.